The molecule has 3 nitrogen and oxygen atoms in total. The molecule has 0 aliphatic heterocycles. The first-order valence-corrected chi connectivity index (χ1v) is 7.45. The Labute approximate surface area is 124 Å². The molecule has 0 unspecified atom stereocenters. The molecule has 1 saturated carbocycles. The molecule has 0 bridgehead atoms. The summed E-state index contributed by atoms with van der Waals surface area (Å²) in [4.78, 5) is 11.8. The van der Waals surface area contributed by atoms with Gasteiger partial charge in [-0.3, -0.25) is 4.79 Å². The fourth-order valence-corrected chi connectivity index (χ4v) is 2.68. The third-order valence-corrected chi connectivity index (χ3v) is 3.79. The molecule has 0 atom stereocenters. The van der Waals surface area contributed by atoms with E-state index in [2.05, 4.69) is 5.32 Å². The van der Waals surface area contributed by atoms with Crippen molar-refractivity contribution in [2.75, 3.05) is 0 Å². The Morgan fingerprint density at radius 3 is 2.62 bits per heavy atom. The lowest BCUT2D eigenvalue weighted by atomic mass is 10.2. The molecule has 0 spiro atoms. The van der Waals surface area contributed by atoms with Gasteiger partial charge in [-0.05, 0) is 31.1 Å². The highest BCUT2D eigenvalue weighted by Crippen LogP contribution is 2.22. The zero-order chi connectivity index (χ0) is 14.5. The molecule has 1 amide bonds. The normalized spacial score (nSPS) is 15.6. The summed E-state index contributed by atoms with van der Waals surface area (Å²) in [6.07, 6.45) is 7.89. The van der Waals surface area contributed by atoms with Gasteiger partial charge >= 0.3 is 0 Å². The molecule has 3 heteroatoms. The van der Waals surface area contributed by atoms with Gasteiger partial charge in [-0.15, -0.1) is 0 Å². The number of nitrogens with one attached hydrogen (secondary N) is 1. The highest BCUT2D eigenvalue weighted by molar-refractivity contribution is 5.91. The number of hydrogen-bond acceptors (Lipinski definition) is 2. The van der Waals surface area contributed by atoms with Crippen LogP contribution in [0.1, 0.15) is 31.4 Å². The van der Waals surface area contributed by atoms with E-state index in [0.29, 0.717) is 11.8 Å². The molecule has 1 N–H and O–H groups in total. The minimum Gasteiger partial charge on any atom is -0.457 e. The second-order valence-electron chi connectivity index (χ2n) is 5.39. The average Bonchev–Trinajstić information content (AvgIpc) is 3.17. The van der Waals surface area contributed by atoms with Crippen LogP contribution in [0.25, 0.3) is 17.4 Å². The Morgan fingerprint density at radius 2 is 1.86 bits per heavy atom. The molecule has 2 aromatic rings. The number of furan rings is 1. The Morgan fingerprint density at radius 1 is 1.10 bits per heavy atom. The SMILES string of the molecule is O=C(/C=C/c1ccc(-c2ccccc2)o1)NC1CCCC1. The topological polar surface area (TPSA) is 42.2 Å². The monoisotopic (exact) mass is 281 g/mol. The van der Waals surface area contributed by atoms with Gasteiger partial charge in [0.1, 0.15) is 11.5 Å². The van der Waals surface area contributed by atoms with Crippen molar-refractivity contribution in [3.63, 3.8) is 0 Å². The number of carbonyl (C=O) groups excluding carboxylic acids is 1. The highest BCUT2D eigenvalue weighted by atomic mass is 16.3. The van der Waals surface area contributed by atoms with Gasteiger partial charge in [0.15, 0.2) is 0 Å². The summed E-state index contributed by atoms with van der Waals surface area (Å²) < 4.78 is 5.72. The summed E-state index contributed by atoms with van der Waals surface area (Å²) in [6, 6.07) is 14.1. The predicted molar refractivity (Wildman–Crippen MR) is 83.6 cm³/mol. The van der Waals surface area contributed by atoms with E-state index in [9.17, 15) is 4.79 Å². The molecule has 3 rings (SSSR count). The summed E-state index contributed by atoms with van der Waals surface area (Å²) in [5.74, 6) is 1.46. The van der Waals surface area contributed by atoms with Gasteiger partial charge in [-0.2, -0.15) is 0 Å². The standard InChI is InChI=1S/C18H19NO2/c20-18(19-15-8-4-5-9-15)13-11-16-10-12-17(21-16)14-6-2-1-3-7-14/h1-3,6-7,10-13,15H,4-5,8-9H2,(H,19,20)/b13-11+. The lowest BCUT2D eigenvalue weighted by Crippen LogP contribution is -2.30. The molecule has 1 fully saturated rings. The molecule has 0 saturated heterocycles. The van der Waals surface area contributed by atoms with Gasteiger partial charge in [0.05, 0.1) is 0 Å². The summed E-state index contributed by atoms with van der Waals surface area (Å²) in [5, 5.41) is 3.02. The van der Waals surface area contributed by atoms with E-state index in [4.69, 9.17) is 4.42 Å². The van der Waals surface area contributed by atoms with E-state index in [1.807, 2.05) is 42.5 Å². The van der Waals surface area contributed by atoms with Crippen LogP contribution in [0.15, 0.2) is 53.0 Å². The second kappa shape index (κ2) is 6.44. The minimum atomic E-state index is -0.0421. The van der Waals surface area contributed by atoms with Crippen molar-refractivity contribution >= 4 is 12.0 Å². The van der Waals surface area contributed by atoms with E-state index >= 15 is 0 Å². The zero-order valence-electron chi connectivity index (χ0n) is 11.9. The fraction of sp³-hybridized carbons (Fsp3) is 0.278. The Kier molecular flexibility index (Phi) is 4.20. The largest absolute Gasteiger partial charge is 0.457 e. The van der Waals surface area contributed by atoms with Crippen LogP contribution in [0.2, 0.25) is 0 Å². The lowest BCUT2D eigenvalue weighted by Gasteiger charge is -2.08. The molecule has 1 aliphatic rings. The van der Waals surface area contributed by atoms with Gasteiger partial charge < -0.3 is 9.73 Å². The van der Waals surface area contributed by atoms with Crippen LogP contribution < -0.4 is 5.32 Å². The molecule has 21 heavy (non-hydrogen) atoms. The number of benzene rings is 1. The van der Waals surface area contributed by atoms with Crippen LogP contribution >= 0.6 is 0 Å². The number of hydrogen-bond donors (Lipinski definition) is 1. The molecular weight excluding hydrogens is 262 g/mol. The summed E-state index contributed by atoms with van der Waals surface area (Å²) >= 11 is 0. The average molecular weight is 281 g/mol. The quantitative estimate of drug-likeness (QED) is 0.860. The fourth-order valence-electron chi connectivity index (χ4n) is 2.68. The van der Waals surface area contributed by atoms with Crippen LogP contribution in [0.5, 0.6) is 0 Å². The van der Waals surface area contributed by atoms with Crippen molar-refractivity contribution in [1.82, 2.24) is 5.32 Å². The van der Waals surface area contributed by atoms with Crippen LogP contribution in [0.4, 0.5) is 0 Å². The van der Waals surface area contributed by atoms with Crippen LogP contribution in [-0.2, 0) is 4.79 Å². The van der Waals surface area contributed by atoms with E-state index in [1.54, 1.807) is 12.2 Å². The number of carbonyl (C=O) groups is 1. The number of rotatable bonds is 4. The smallest absolute Gasteiger partial charge is 0.244 e. The van der Waals surface area contributed by atoms with Crippen molar-refractivity contribution in [3.8, 4) is 11.3 Å². The molecule has 1 aromatic carbocycles. The van der Waals surface area contributed by atoms with Crippen molar-refractivity contribution in [2.45, 2.75) is 31.7 Å². The zero-order valence-corrected chi connectivity index (χ0v) is 11.9. The van der Waals surface area contributed by atoms with Crippen molar-refractivity contribution in [3.05, 3.63) is 54.3 Å². The maximum absolute atomic E-state index is 11.8. The van der Waals surface area contributed by atoms with Crippen molar-refractivity contribution < 1.29 is 9.21 Å². The predicted octanol–water partition coefficient (Wildman–Crippen LogP) is 4.02. The Balaban J connectivity index is 1.61. The van der Waals surface area contributed by atoms with Crippen LogP contribution in [0.3, 0.4) is 0 Å². The van der Waals surface area contributed by atoms with E-state index in [1.165, 1.54) is 12.8 Å². The summed E-state index contributed by atoms with van der Waals surface area (Å²) in [7, 11) is 0. The minimum absolute atomic E-state index is 0.0421. The maximum atomic E-state index is 11.8. The molecule has 108 valence electrons. The first-order chi connectivity index (χ1) is 10.3. The van der Waals surface area contributed by atoms with Crippen molar-refractivity contribution in [1.29, 1.82) is 0 Å². The van der Waals surface area contributed by atoms with Gasteiger partial charge in [0.25, 0.3) is 0 Å². The highest BCUT2D eigenvalue weighted by Gasteiger charge is 2.15. The number of amides is 1. The van der Waals surface area contributed by atoms with Crippen molar-refractivity contribution in [2.24, 2.45) is 0 Å². The van der Waals surface area contributed by atoms with Crippen LogP contribution in [0, 0.1) is 0 Å². The molecule has 1 aliphatic carbocycles. The first-order valence-electron chi connectivity index (χ1n) is 7.45. The lowest BCUT2D eigenvalue weighted by molar-refractivity contribution is -0.117. The third kappa shape index (κ3) is 3.63. The summed E-state index contributed by atoms with van der Waals surface area (Å²) in [6.45, 7) is 0. The first kappa shape index (κ1) is 13.7. The van der Waals surface area contributed by atoms with E-state index < -0.39 is 0 Å². The van der Waals surface area contributed by atoms with Crippen LogP contribution in [-0.4, -0.2) is 11.9 Å². The molecular formula is C18H19NO2. The van der Waals surface area contributed by atoms with E-state index in [0.717, 1.165) is 24.2 Å². The Hall–Kier alpha value is -2.29. The maximum Gasteiger partial charge on any atom is 0.244 e. The molecule has 1 aromatic heterocycles. The molecule has 1 heterocycles. The second-order valence-corrected chi connectivity index (χ2v) is 5.39. The third-order valence-electron chi connectivity index (χ3n) is 3.79. The van der Waals surface area contributed by atoms with E-state index in [-0.39, 0.29) is 5.91 Å². The van der Waals surface area contributed by atoms with Gasteiger partial charge in [-0.1, -0.05) is 43.2 Å². The summed E-state index contributed by atoms with van der Waals surface area (Å²) in [5.41, 5.74) is 1.03. The van der Waals surface area contributed by atoms with Gasteiger partial charge in [-0.25, -0.2) is 0 Å². The Bertz CT molecular complexity index is 622. The van der Waals surface area contributed by atoms with Gasteiger partial charge in [0.2, 0.25) is 5.91 Å². The molecule has 0 radical (unpaired) electrons. The van der Waals surface area contributed by atoms with Gasteiger partial charge in [0, 0.05) is 17.7 Å².